The summed E-state index contributed by atoms with van der Waals surface area (Å²) in [5.74, 6) is 1.60. The summed E-state index contributed by atoms with van der Waals surface area (Å²) in [5.41, 5.74) is 2.12. The van der Waals surface area contributed by atoms with Crippen LogP contribution in [-0.4, -0.2) is 31.3 Å². The van der Waals surface area contributed by atoms with Gasteiger partial charge in [-0.25, -0.2) is 9.78 Å². The van der Waals surface area contributed by atoms with Crippen LogP contribution in [0.4, 0.5) is 0 Å². The molecule has 0 saturated carbocycles. The fourth-order valence-corrected chi connectivity index (χ4v) is 3.56. The van der Waals surface area contributed by atoms with E-state index in [0.717, 1.165) is 22.7 Å². The molecule has 6 nitrogen and oxygen atoms in total. The number of carbonyl (C=O) groups is 1. The van der Waals surface area contributed by atoms with Crippen LogP contribution in [0.3, 0.4) is 0 Å². The lowest BCUT2D eigenvalue weighted by Crippen LogP contribution is -2.06. The van der Waals surface area contributed by atoms with Crippen molar-refractivity contribution in [2.45, 2.75) is 13.0 Å². The largest absolute Gasteiger partial charge is 0.497 e. The van der Waals surface area contributed by atoms with E-state index in [1.807, 2.05) is 29.6 Å². The average Bonchev–Trinajstić information content (AvgIpc) is 3.09. The van der Waals surface area contributed by atoms with E-state index in [9.17, 15) is 4.79 Å². The standard InChI is InChI=1S/C21H19NO5S/c1-24-17-6-3-14(4-7-17)20-22-16(13-28-20)12-27-21(23)15-5-8-18-19(11-15)26-10-2-9-25-18/h3-8,11,13H,2,9-10,12H2,1H3. The highest BCUT2D eigenvalue weighted by Gasteiger charge is 2.15. The molecule has 144 valence electrons. The van der Waals surface area contributed by atoms with Crippen molar-refractivity contribution >= 4 is 17.3 Å². The molecule has 0 atom stereocenters. The molecule has 1 aromatic heterocycles. The van der Waals surface area contributed by atoms with E-state index in [0.29, 0.717) is 36.0 Å². The van der Waals surface area contributed by atoms with Crippen molar-refractivity contribution in [2.24, 2.45) is 0 Å². The molecule has 0 radical (unpaired) electrons. The molecule has 1 aliphatic rings. The normalized spacial score (nSPS) is 12.9. The summed E-state index contributed by atoms with van der Waals surface area (Å²) >= 11 is 1.50. The van der Waals surface area contributed by atoms with E-state index in [2.05, 4.69) is 4.98 Å². The second kappa shape index (κ2) is 8.31. The topological polar surface area (TPSA) is 66.9 Å². The molecule has 0 spiro atoms. The Hall–Kier alpha value is -3.06. The molecular formula is C21H19NO5S. The highest BCUT2D eigenvalue weighted by molar-refractivity contribution is 7.13. The Balaban J connectivity index is 1.40. The fraction of sp³-hybridized carbons (Fsp3) is 0.238. The number of fused-ring (bicyclic) bond motifs is 1. The monoisotopic (exact) mass is 397 g/mol. The van der Waals surface area contributed by atoms with Crippen LogP contribution in [0.15, 0.2) is 47.8 Å². The van der Waals surface area contributed by atoms with Gasteiger partial charge in [0, 0.05) is 17.4 Å². The molecule has 0 aliphatic carbocycles. The second-order valence-electron chi connectivity index (χ2n) is 6.16. The van der Waals surface area contributed by atoms with Crippen molar-refractivity contribution in [1.82, 2.24) is 4.98 Å². The third kappa shape index (κ3) is 4.09. The van der Waals surface area contributed by atoms with E-state index in [1.165, 1.54) is 11.3 Å². The van der Waals surface area contributed by atoms with Gasteiger partial charge in [0.1, 0.15) is 17.4 Å². The third-order valence-corrected chi connectivity index (χ3v) is 5.16. The first-order valence-corrected chi connectivity index (χ1v) is 9.76. The van der Waals surface area contributed by atoms with Crippen molar-refractivity contribution in [3.63, 3.8) is 0 Å². The molecule has 0 N–H and O–H groups in total. The zero-order valence-corrected chi connectivity index (χ0v) is 16.2. The molecule has 0 amide bonds. The van der Waals surface area contributed by atoms with E-state index in [4.69, 9.17) is 18.9 Å². The lowest BCUT2D eigenvalue weighted by molar-refractivity contribution is 0.0468. The number of carbonyl (C=O) groups excluding carboxylic acids is 1. The first-order valence-electron chi connectivity index (χ1n) is 8.88. The SMILES string of the molecule is COc1ccc(-c2nc(COC(=O)c3ccc4c(c3)OCCCO4)cs2)cc1. The van der Waals surface area contributed by atoms with Gasteiger partial charge in [0.25, 0.3) is 0 Å². The van der Waals surface area contributed by atoms with Crippen molar-refractivity contribution in [3.8, 4) is 27.8 Å². The zero-order chi connectivity index (χ0) is 19.3. The van der Waals surface area contributed by atoms with Gasteiger partial charge in [-0.1, -0.05) is 0 Å². The summed E-state index contributed by atoms with van der Waals surface area (Å²) in [5, 5.41) is 2.75. The van der Waals surface area contributed by atoms with Crippen molar-refractivity contribution < 1.29 is 23.7 Å². The molecule has 0 unspecified atom stereocenters. The number of aromatic nitrogens is 1. The van der Waals surface area contributed by atoms with Gasteiger partial charge < -0.3 is 18.9 Å². The van der Waals surface area contributed by atoms with Gasteiger partial charge in [0.2, 0.25) is 0 Å². The Bertz CT molecular complexity index is 967. The number of methoxy groups -OCH3 is 1. The number of rotatable bonds is 5. The second-order valence-corrected chi connectivity index (χ2v) is 7.02. The van der Waals surface area contributed by atoms with Gasteiger partial charge in [-0.3, -0.25) is 0 Å². The molecule has 2 aromatic carbocycles. The van der Waals surface area contributed by atoms with Crippen LogP contribution in [0.1, 0.15) is 22.5 Å². The molecule has 0 bridgehead atoms. The average molecular weight is 397 g/mol. The summed E-state index contributed by atoms with van der Waals surface area (Å²) in [6.45, 7) is 1.29. The Kier molecular flexibility index (Phi) is 5.43. The van der Waals surface area contributed by atoms with Gasteiger partial charge in [-0.05, 0) is 42.5 Å². The number of hydrogen-bond donors (Lipinski definition) is 0. The highest BCUT2D eigenvalue weighted by atomic mass is 32.1. The van der Waals surface area contributed by atoms with E-state index in [-0.39, 0.29) is 6.61 Å². The van der Waals surface area contributed by atoms with E-state index >= 15 is 0 Å². The quantitative estimate of drug-likeness (QED) is 0.597. The van der Waals surface area contributed by atoms with Crippen LogP contribution in [0.5, 0.6) is 17.2 Å². The lowest BCUT2D eigenvalue weighted by Gasteiger charge is -2.09. The maximum atomic E-state index is 12.4. The Morgan fingerprint density at radius 1 is 1.11 bits per heavy atom. The van der Waals surface area contributed by atoms with E-state index < -0.39 is 5.97 Å². The van der Waals surface area contributed by atoms with Crippen LogP contribution >= 0.6 is 11.3 Å². The first-order chi connectivity index (χ1) is 13.7. The molecular weight excluding hydrogens is 378 g/mol. The Morgan fingerprint density at radius 3 is 2.68 bits per heavy atom. The maximum absolute atomic E-state index is 12.4. The van der Waals surface area contributed by atoms with Crippen molar-refractivity contribution in [2.75, 3.05) is 20.3 Å². The summed E-state index contributed by atoms with van der Waals surface area (Å²) in [4.78, 5) is 16.9. The van der Waals surface area contributed by atoms with Crippen molar-refractivity contribution in [3.05, 3.63) is 59.1 Å². The van der Waals surface area contributed by atoms with Gasteiger partial charge >= 0.3 is 5.97 Å². The number of ether oxygens (including phenoxy) is 4. The van der Waals surface area contributed by atoms with Crippen LogP contribution in [0.2, 0.25) is 0 Å². The van der Waals surface area contributed by atoms with Crippen LogP contribution < -0.4 is 14.2 Å². The number of esters is 1. The fourth-order valence-electron chi connectivity index (χ4n) is 2.75. The minimum Gasteiger partial charge on any atom is -0.497 e. The number of nitrogens with zero attached hydrogens (tertiary/aromatic N) is 1. The Labute approximate surface area is 166 Å². The van der Waals surface area contributed by atoms with Gasteiger partial charge in [0.05, 0.1) is 31.6 Å². The predicted molar refractivity (Wildman–Crippen MR) is 105 cm³/mol. The van der Waals surface area contributed by atoms with Crippen molar-refractivity contribution in [1.29, 1.82) is 0 Å². The summed E-state index contributed by atoms with van der Waals surface area (Å²) in [7, 11) is 1.63. The number of hydrogen-bond acceptors (Lipinski definition) is 7. The highest BCUT2D eigenvalue weighted by Crippen LogP contribution is 2.31. The van der Waals surface area contributed by atoms with Gasteiger partial charge in [0.15, 0.2) is 11.5 Å². The molecule has 3 aromatic rings. The summed E-state index contributed by atoms with van der Waals surface area (Å²) < 4.78 is 21.8. The Morgan fingerprint density at radius 2 is 1.89 bits per heavy atom. The van der Waals surface area contributed by atoms with Crippen LogP contribution in [-0.2, 0) is 11.3 Å². The maximum Gasteiger partial charge on any atom is 0.338 e. The molecule has 28 heavy (non-hydrogen) atoms. The number of thiazole rings is 1. The summed E-state index contributed by atoms with van der Waals surface area (Å²) in [6.07, 6.45) is 0.814. The molecule has 0 fully saturated rings. The van der Waals surface area contributed by atoms with Crippen LogP contribution in [0, 0.1) is 0 Å². The number of benzene rings is 2. The van der Waals surface area contributed by atoms with Gasteiger partial charge in [-0.15, -0.1) is 11.3 Å². The molecule has 0 saturated heterocycles. The minimum absolute atomic E-state index is 0.111. The molecule has 4 rings (SSSR count). The van der Waals surface area contributed by atoms with Crippen LogP contribution in [0.25, 0.3) is 10.6 Å². The zero-order valence-electron chi connectivity index (χ0n) is 15.3. The molecule has 7 heteroatoms. The predicted octanol–water partition coefficient (Wildman–Crippen LogP) is 4.34. The van der Waals surface area contributed by atoms with E-state index in [1.54, 1.807) is 25.3 Å². The lowest BCUT2D eigenvalue weighted by atomic mass is 10.2. The first kappa shape index (κ1) is 18.3. The summed E-state index contributed by atoms with van der Waals surface area (Å²) in [6, 6.07) is 12.8. The molecule has 1 aliphatic heterocycles. The minimum atomic E-state index is -0.422. The molecule has 2 heterocycles. The van der Waals surface area contributed by atoms with Gasteiger partial charge in [-0.2, -0.15) is 0 Å². The third-order valence-electron chi connectivity index (χ3n) is 4.22. The smallest absolute Gasteiger partial charge is 0.338 e.